The van der Waals surface area contributed by atoms with Crippen molar-refractivity contribution in [3.8, 4) is 22.6 Å². The molecule has 0 aliphatic carbocycles. The predicted octanol–water partition coefficient (Wildman–Crippen LogP) is 3.50. The lowest BCUT2D eigenvalue weighted by Crippen LogP contribution is -1.91. The first-order valence-corrected chi connectivity index (χ1v) is 6.04. The van der Waals surface area contributed by atoms with Gasteiger partial charge >= 0.3 is 0 Å². The summed E-state index contributed by atoms with van der Waals surface area (Å²) >= 11 is 5.81. The molecule has 2 aromatic rings. The van der Waals surface area contributed by atoms with E-state index >= 15 is 0 Å². The lowest BCUT2D eigenvalue weighted by atomic mass is 10.1. The van der Waals surface area contributed by atoms with E-state index in [9.17, 15) is 0 Å². The third-order valence-corrected chi connectivity index (χ3v) is 2.97. The van der Waals surface area contributed by atoms with Gasteiger partial charge in [0.1, 0.15) is 0 Å². The van der Waals surface area contributed by atoms with Crippen LogP contribution in [0.4, 0.5) is 0 Å². The molecule has 0 atom stereocenters. The first-order valence-electron chi connectivity index (χ1n) is 5.50. The fourth-order valence-corrected chi connectivity index (χ4v) is 1.88. The molecule has 4 heteroatoms. The number of ether oxygens (including phenoxy) is 2. The highest BCUT2D eigenvalue weighted by atomic mass is 35.5. The Balaban J connectivity index is 2.43. The maximum Gasteiger partial charge on any atom is 0.161 e. The van der Waals surface area contributed by atoms with Gasteiger partial charge in [0.2, 0.25) is 0 Å². The second kappa shape index (κ2) is 5.74. The minimum atomic E-state index is 0.453. The molecule has 0 N–H and O–H groups in total. The van der Waals surface area contributed by atoms with Gasteiger partial charge in [-0.2, -0.15) is 0 Å². The zero-order chi connectivity index (χ0) is 13.0. The minimum absolute atomic E-state index is 0.453. The Hall–Kier alpha value is -1.74. The lowest BCUT2D eigenvalue weighted by Gasteiger charge is -2.10. The predicted molar refractivity (Wildman–Crippen MR) is 72.3 cm³/mol. The maximum atomic E-state index is 5.81. The number of alkyl halides is 1. The van der Waals surface area contributed by atoms with Gasteiger partial charge in [0.15, 0.2) is 11.5 Å². The van der Waals surface area contributed by atoms with Crippen molar-refractivity contribution in [2.24, 2.45) is 0 Å². The molecule has 2 rings (SSSR count). The Morgan fingerprint density at radius 1 is 1.00 bits per heavy atom. The first-order chi connectivity index (χ1) is 8.78. The third-order valence-electron chi connectivity index (χ3n) is 2.67. The second-order valence-corrected chi connectivity index (χ2v) is 4.05. The Morgan fingerprint density at radius 3 is 2.44 bits per heavy atom. The van der Waals surface area contributed by atoms with E-state index in [1.807, 2.05) is 24.3 Å². The molecule has 0 saturated carbocycles. The van der Waals surface area contributed by atoms with Crippen LogP contribution in [0.15, 0.2) is 36.7 Å². The minimum Gasteiger partial charge on any atom is -0.493 e. The quantitative estimate of drug-likeness (QED) is 0.791. The van der Waals surface area contributed by atoms with Crippen LogP contribution in [-0.4, -0.2) is 19.2 Å². The molecule has 94 valence electrons. The summed E-state index contributed by atoms with van der Waals surface area (Å²) in [5.74, 6) is 1.86. The van der Waals surface area contributed by atoms with Crippen molar-refractivity contribution < 1.29 is 9.47 Å². The molecule has 0 fully saturated rings. The van der Waals surface area contributed by atoms with Crippen LogP contribution in [0.5, 0.6) is 11.5 Å². The molecule has 0 amide bonds. The Labute approximate surface area is 111 Å². The number of aromatic nitrogens is 1. The number of methoxy groups -OCH3 is 2. The molecule has 0 aliphatic rings. The van der Waals surface area contributed by atoms with Crippen molar-refractivity contribution in [2.75, 3.05) is 14.2 Å². The summed E-state index contributed by atoms with van der Waals surface area (Å²) in [5, 5.41) is 0. The summed E-state index contributed by atoms with van der Waals surface area (Å²) in [6, 6.07) is 7.78. The van der Waals surface area contributed by atoms with Crippen LogP contribution < -0.4 is 9.47 Å². The van der Waals surface area contributed by atoms with Gasteiger partial charge in [-0.15, -0.1) is 11.6 Å². The third kappa shape index (κ3) is 2.57. The van der Waals surface area contributed by atoms with E-state index in [4.69, 9.17) is 21.1 Å². The van der Waals surface area contributed by atoms with Crippen molar-refractivity contribution in [1.29, 1.82) is 0 Å². The van der Waals surface area contributed by atoms with Gasteiger partial charge in [-0.05, 0) is 29.3 Å². The van der Waals surface area contributed by atoms with Gasteiger partial charge < -0.3 is 9.47 Å². The Morgan fingerprint density at radius 2 is 1.78 bits per heavy atom. The highest BCUT2D eigenvalue weighted by Gasteiger charge is 2.06. The zero-order valence-electron chi connectivity index (χ0n) is 10.3. The van der Waals surface area contributed by atoms with Crippen LogP contribution in [0.3, 0.4) is 0 Å². The summed E-state index contributed by atoms with van der Waals surface area (Å²) in [6.07, 6.45) is 3.56. The molecule has 0 bridgehead atoms. The highest BCUT2D eigenvalue weighted by Crippen LogP contribution is 2.32. The van der Waals surface area contributed by atoms with E-state index in [0.717, 1.165) is 16.7 Å². The molecule has 3 nitrogen and oxygen atoms in total. The highest BCUT2D eigenvalue weighted by molar-refractivity contribution is 6.17. The summed E-state index contributed by atoms with van der Waals surface area (Å²) in [5.41, 5.74) is 3.02. The number of rotatable bonds is 4. The van der Waals surface area contributed by atoms with E-state index in [1.165, 1.54) is 0 Å². The molecule has 1 aromatic heterocycles. The van der Waals surface area contributed by atoms with Crippen LogP contribution in [0.25, 0.3) is 11.1 Å². The summed E-state index contributed by atoms with van der Waals surface area (Å²) < 4.78 is 10.5. The molecular weight excluding hydrogens is 250 g/mol. The number of benzene rings is 1. The maximum absolute atomic E-state index is 5.81. The molecule has 0 radical (unpaired) electrons. The van der Waals surface area contributed by atoms with Crippen LogP contribution in [0, 0.1) is 0 Å². The smallest absolute Gasteiger partial charge is 0.161 e. The van der Waals surface area contributed by atoms with Gasteiger partial charge in [-0.3, -0.25) is 4.98 Å². The van der Waals surface area contributed by atoms with E-state index in [0.29, 0.717) is 17.4 Å². The van der Waals surface area contributed by atoms with Crippen molar-refractivity contribution in [3.05, 3.63) is 42.2 Å². The average molecular weight is 264 g/mol. The number of nitrogens with zero attached hydrogens (tertiary/aromatic N) is 1. The normalized spacial score (nSPS) is 10.2. The largest absolute Gasteiger partial charge is 0.493 e. The van der Waals surface area contributed by atoms with Gasteiger partial charge in [0, 0.05) is 23.8 Å². The molecule has 0 aliphatic heterocycles. The van der Waals surface area contributed by atoms with E-state index in [-0.39, 0.29) is 0 Å². The molecule has 0 spiro atoms. The van der Waals surface area contributed by atoms with Gasteiger partial charge in [0.05, 0.1) is 14.2 Å². The van der Waals surface area contributed by atoms with E-state index in [2.05, 4.69) is 4.98 Å². The topological polar surface area (TPSA) is 31.4 Å². The van der Waals surface area contributed by atoms with Crippen LogP contribution in [-0.2, 0) is 5.88 Å². The van der Waals surface area contributed by atoms with Gasteiger partial charge in [-0.25, -0.2) is 0 Å². The van der Waals surface area contributed by atoms with Crippen molar-refractivity contribution in [1.82, 2.24) is 4.98 Å². The monoisotopic (exact) mass is 263 g/mol. The van der Waals surface area contributed by atoms with Gasteiger partial charge in [0.25, 0.3) is 0 Å². The lowest BCUT2D eigenvalue weighted by molar-refractivity contribution is 0.355. The SMILES string of the molecule is COc1ccc(-c2cncc(CCl)c2)cc1OC. The van der Waals surface area contributed by atoms with Crippen LogP contribution in [0.2, 0.25) is 0 Å². The Bertz CT molecular complexity index is 543. The van der Waals surface area contributed by atoms with E-state index in [1.54, 1.807) is 26.6 Å². The number of hydrogen-bond donors (Lipinski definition) is 0. The molecule has 18 heavy (non-hydrogen) atoms. The van der Waals surface area contributed by atoms with Crippen LogP contribution in [0.1, 0.15) is 5.56 Å². The second-order valence-electron chi connectivity index (χ2n) is 3.79. The number of hydrogen-bond acceptors (Lipinski definition) is 3. The van der Waals surface area contributed by atoms with Crippen molar-refractivity contribution in [3.63, 3.8) is 0 Å². The fourth-order valence-electron chi connectivity index (χ4n) is 1.73. The standard InChI is InChI=1S/C14H14ClNO2/c1-17-13-4-3-11(6-14(13)18-2)12-5-10(7-15)8-16-9-12/h3-6,8-9H,7H2,1-2H3. The molecule has 1 aromatic carbocycles. The van der Waals surface area contributed by atoms with Crippen molar-refractivity contribution >= 4 is 11.6 Å². The summed E-state index contributed by atoms with van der Waals surface area (Å²) in [6.45, 7) is 0. The summed E-state index contributed by atoms with van der Waals surface area (Å²) in [4.78, 5) is 4.17. The fraction of sp³-hybridized carbons (Fsp3) is 0.214. The molecule has 0 unspecified atom stereocenters. The molecular formula is C14H14ClNO2. The van der Waals surface area contributed by atoms with Crippen molar-refractivity contribution in [2.45, 2.75) is 5.88 Å². The van der Waals surface area contributed by atoms with Crippen LogP contribution >= 0.6 is 11.6 Å². The van der Waals surface area contributed by atoms with E-state index < -0.39 is 0 Å². The average Bonchev–Trinajstić information content (AvgIpc) is 2.46. The van der Waals surface area contributed by atoms with Gasteiger partial charge in [-0.1, -0.05) is 6.07 Å². The number of pyridine rings is 1. The molecule has 1 heterocycles. The Kier molecular flexibility index (Phi) is 4.05. The first kappa shape index (κ1) is 12.7. The zero-order valence-corrected chi connectivity index (χ0v) is 11.1. The number of halogens is 1. The molecule has 0 saturated heterocycles. The summed E-state index contributed by atoms with van der Waals surface area (Å²) in [7, 11) is 3.24.